The smallest absolute Gasteiger partial charge is 0.246 e. The molecule has 0 bridgehead atoms. The Morgan fingerprint density at radius 2 is 2.11 bits per heavy atom. The fourth-order valence-electron chi connectivity index (χ4n) is 2.49. The van der Waals surface area contributed by atoms with Crippen LogP contribution in [0.2, 0.25) is 0 Å². The zero-order valence-corrected chi connectivity index (χ0v) is 10.7. The van der Waals surface area contributed by atoms with E-state index in [-0.39, 0.29) is 5.76 Å². The molecule has 4 nitrogen and oxygen atoms in total. The number of fused-ring (bicyclic) bond motifs is 1. The van der Waals surface area contributed by atoms with Crippen molar-refractivity contribution in [3.05, 3.63) is 30.0 Å². The third-order valence-electron chi connectivity index (χ3n) is 3.57. The molecule has 98 valence electrons. The number of para-hydroxylation sites is 1. The number of nitrogens with one attached hydrogen (secondary N) is 1. The number of nitrogens with zero attached hydrogens (tertiary/aromatic N) is 1. The van der Waals surface area contributed by atoms with Gasteiger partial charge in [0.2, 0.25) is 5.76 Å². The van der Waals surface area contributed by atoms with E-state index in [0.29, 0.717) is 23.9 Å². The SMILES string of the molecule is N#Cc1oc2ccccc2c1OCC1CCNCC1. The van der Waals surface area contributed by atoms with E-state index in [9.17, 15) is 0 Å². The summed E-state index contributed by atoms with van der Waals surface area (Å²) < 4.78 is 11.4. The van der Waals surface area contributed by atoms with Crippen LogP contribution in [0.15, 0.2) is 28.7 Å². The van der Waals surface area contributed by atoms with Crippen LogP contribution in [0.3, 0.4) is 0 Å². The zero-order chi connectivity index (χ0) is 13.1. The van der Waals surface area contributed by atoms with Gasteiger partial charge in [-0.25, -0.2) is 0 Å². The van der Waals surface area contributed by atoms with Gasteiger partial charge >= 0.3 is 0 Å². The highest BCUT2D eigenvalue weighted by molar-refractivity contribution is 5.86. The highest BCUT2D eigenvalue weighted by Crippen LogP contribution is 2.33. The number of hydrogen-bond acceptors (Lipinski definition) is 4. The Morgan fingerprint density at radius 1 is 1.32 bits per heavy atom. The van der Waals surface area contributed by atoms with Crippen molar-refractivity contribution in [2.45, 2.75) is 12.8 Å². The molecule has 1 aromatic heterocycles. The molecule has 0 amide bonds. The lowest BCUT2D eigenvalue weighted by Gasteiger charge is -2.22. The third kappa shape index (κ3) is 2.42. The second-order valence-corrected chi connectivity index (χ2v) is 4.87. The molecule has 1 aliphatic rings. The van der Waals surface area contributed by atoms with Gasteiger partial charge in [0.05, 0.1) is 12.0 Å². The molecule has 0 atom stereocenters. The maximum absolute atomic E-state index is 9.12. The van der Waals surface area contributed by atoms with Crippen molar-refractivity contribution in [2.24, 2.45) is 5.92 Å². The second-order valence-electron chi connectivity index (χ2n) is 4.87. The number of rotatable bonds is 3. The first-order chi connectivity index (χ1) is 9.38. The third-order valence-corrected chi connectivity index (χ3v) is 3.57. The lowest BCUT2D eigenvalue weighted by atomic mass is 9.99. The number of nitriles is 1. The summed E-state index contributed by atoms with van der Waals surface area (Å²) in [4.78, 5) is 0. The van der Waals surface area contributed by atoms with Crippen LogP contribution in [0.1, 0.15) is 18.6 Å². The van der Waals surface area contributed by atoms with Gasteiger partial charge in [0.25, 0.3) is 0 Å². The first-order valence-electron chi connectivity index (χ1n) is 6.63. The maximum atomic E-state index is 9.12. The summed E-state index contributed by atoms with van der Waals surface area (Å²) in [6, 6.07) is 9.67. The van der Waals surface area contributed by atoms with E-state index in [1.54, 1.807) is 0 Å². The van der Waals surface area contributed by atoms with Crippen molar-refractivity contribution in [1.82, 2.24) is 5.32 Å². The molecule has 19 heavy (non-hydrogen) atoms. The summed E-state index contributed by atoms with van der Waals surface area (Å²) in [6.45, 7) is 2.75. The minimum absolute atomic E-state index is 0.273. The molecule has 1 aliphatic heterocycles. The van der Waals surface area contributed by atoms with E-state index in [1.165, 1.54) is 0 Å². The fraction of sp³-hybridized carbons (Fsp3) is 0.400. The number of piperidine rings is 1. The number of benzene rings is 1. The van der Waals surface area contributed by atoms with Gasteiger partial charge in [-0.3, -0.25) is 0 Å². The van der Waals surface area contributed by atoms with Crippen LogP contribution in [0.25, 0.3) is 11.0 Å². The molecule has 1 saturated heterocycles. The Labute approximate surface area is 112 Å². The van der Waals surface area contributed by atoms with E-state index in [1.807, 2.05) is 24.3 Å². The lowest BCUT2D eigenvalue weighted by molar-refractivity contribution is 0.214. The van der Waals surface area contributed by atoms with Gasteiger partial charge in [0, 0.05) is 0 Å². The highest BCUT2D eigenvalue weighted by Gasteiger charge is 2.18. The summed E-state index contributed by atoms with van der Waals surface area (Å²) in [5.41, 5.74) is 0.708. The van der Waals surface area contributed by atoms with Gasteiger partial charge in [0.15, 0.2) is 5.75 Å². The molecular weight excluding hydrogens is 240 g/mol. The van der Waals surface area contributed by atoms with Crippen molar-refractivity contribution in [3.63, 3.8) is 0 Å². The maximum Gasteiger partial charge on any atom is 0.246 e. The van der Waals surface area contributed by atoms with Gasteiger partial charge in [-0.15, -0.1) is 0 Å². The van der Waals surface area contributed by atoms with Crippen molar-refractivity contribution >= 4 is 11.0 Å². The quantitative estimate of drug-likeness (QED) is 0.917. The van der Waals surface area contributed by atoms with Gasteiger partial charge < -0.3 is 14.5 Å². The monoisotopic (exact) mass is 256 g/mol. The van der Waals surface area contributed by atoms with Gasteiger partial charge in [-0.2, -0.15) is 5.26 Å². The summed E-state index contributed by atoms with van der Waals surface area (Å²) in [6.07, 6.45) is 2.25. The number of ether oxygens (including phenoxy) is 1. The van der Waals surface area contributed by atoms with E-state index in [2.05, 4.69) is 11.4 Å². The van der Waals surface area contributed by atoms with E-state index in [4.69, 9.17) is 14.4 Å². The summed E-state index contributed by atoms with van der Waals surface area (Å²) in [5, 5.41) is 13.3. The van der Waals surface area contributed by atoms with Crippen LogP contribution in [0.4, 0.5) is 0 Å². The Hall–Kier alpha value is -1.99. The minimum Gasteiger partial charge on any atom is -0.488 e. The normalized spacial score (nSPS) is 16.4. The first kappa shape index (κ1) is 12.1. The Morgan fingerprint density at radius 3 is 2.89 bits per heavy atom. The molecule has 1 aromatic carbocycles. The predicted octanol–water partition coefficient (Wildman–Crippen LogP) is 2.68. The van der Waals surface area contributed by atoms with Crippen molar-refractivity contribution in [3.8, 4) is 11.8 Å². The number of hydrogen-bond donors (Lipinski definition) is 1. The van der Waals surface area contributed by atoms with Crippen LogP contribution >= 0.6 is 0 Å². The van der Waals surface area contributed by atoms with Crippen LogP contribution < -0.4 is 10.1 Å². The molecular formula is C15H16N2O2. The van der Waals surface area contributed by atoms with Gasteiger partial charge in [-0.05, 0) is 44.0 Å². The summed E-state index contributed by atoms with van der Waals surface area (Å²) in [5.74, 6) is 1.42. The van der Waals surface area contributed by atoms with E-state index in [0.717, 1.165) is 31.3 Å². The Bertz CT molecular complexity index is 606. The molecule has 0 radical (unpaired) electrons. The standard InChI is InChI=1S/C15H16N2O2/c16-9-14-15(12-3-1-2-4-13(12)19-14)18-10-11-5-7-17-8-6-11/h1-4,11,17H,5-8,10H2. The Kier molecular flexibility index (Phi) is 3.39. The van der Waals surface area contributed by atoms with Crippen LogP contribution in [0.5, 0.6) is 5.75 Å². The van der Waals surface area contributed by atoms with Crippen LogP contribution in [-0.4, -0.2) is 19.7 Å². The molecule has 1 N–H and O–H groups in total. The largest absolute Gasteiger partial charge is 0.488 e. The Balaban J connectivity index is 1.81. The van der Waals surface area contributed by atoms with Crippen LogP contribution in [-0.2, 0) is 0 Å². The molecule has 0 spiro atoms. The average molecular weight is 256 g/mol. The molecule has 2 heterocycles. The lowest BCUT2D eigenvalue weighted by Crippen LogP contribution is -2.30. The zero-order valence-electron chi connectivity index (χ0n) is 10.7. The highest BCUT2D eigenvalue weighted by atomic mass is 16.5. The molecule has 1 fully saturated rings. The molecule has 0 aliphatic carbocycles. The summed E-state index contributed by atoms with van der Waals surface area (Å²) in [7, 11) is 0. The molecule has 0 unspecified atom stereocenters. The van der Waals surface area contributed by atoms with Crippen molar-refractivity contribution < 1.29 is 9.15 Å². The fourth-order valence-corrected chi connectivity index (χ4v) is 2.49. The molecule has 2 aromatic rings. The van der Waals surface area contributed by atoms with Gasteiger partial charge in [0.1, 0.15) is 11.7 Å². The van der Waals surface area contributed by atoms with Gasteiger partial charge in [-0.1, -0.05) is 12.1 Å². The predicted molar refractivity (Wildman–Crippen MR) is 72.0 cm³/mol. The second kappa shape index (κ2) is 5.33. The minimum atomic E-state index is 0.273. The molecule has 3 rings (SSSR count). The average Bonchev–Trinajstić information content (AvgIpc) is 2.84. The van der Waals surface area contributed by atoms with E-state index >= 15 is 0 Å². The van der Waals surface area contributed by atoms with Crippen LogP contribution in [0, 0.1) is 17.2 Å². The molecule has 4 heteroatoms. The molecule has 0 saturated carbocycles. The topological polar surface area (TPSA) is 58.2 Å². The van der Waals surface area contributed by atoms with Crippen molar-refractivity contribution in [1.29, 1.82) is 5.26 Å². The van der Waals surface area contributed by atoms with Crippen molar-refractivity contribution in [2.75, 3.05) is 19.7 Å². The first-order valence-corrected chi connectivity index (χ1v) is 6.63. The summed E-state index contributed by atoms with van der Waals surface area (Å²) >= 11 is 0. The van der Waals surface area contributed by atoms with E-state index < -0.39 is 0 Å². The number of furan rings is 1.